The summed E-state index contributed by atoms with van der Waals surface area (Å²) in [5.74, 6) is 1.11. The molecule has 27 heavy (non-hydrogen) atoms. The molecular formula is C21H14Cl2N4. The van der Waals surface area contributed by atoms with E-state index in [1.807, 2.05) is 60.7 Å². The molecule has 1 heterocycles. The average molecular weight is 393 g/mol. The van der Waals surface area contributed by atoms with E-state index in [1.54, 1.807) is 18.3 Å². The van der Waals surface area contributed by atoms with Gasteiger partial charge in [-0.1, -0.05) is 65.7 Å². The number of halogens is 2. The maximum Gasteiger partial charge on any atom is 0.163 e. The van der Waals surface area contributed by atoms with Crippen LogP contribution < -0.4 is 5.43 Å². The maximum absolute atomic E-state index is 6.34. The highest BCUT2D eigenvalue weighted by Crippen LogP contribution is 2.31. The largest absolute Gasteiger partial charge is 0.261 e. The van der Waals surface area contributed by atoms with Crippen LogP contribution in [0.3, 0.4) is 0 Å². The second-order valence-corrected chi connectivity index (χ2v) is 6.66. The number of hydrogen-bond donors (Lipinski definition) is 1. The Labute approximate surface area is 166 Å². The lowest BCUT2D eigenvalue weighted by molar-refractivity contribution is 1.19. The first-order chi connectivity index (χ1) is 13.2. The Morgan fingerprint density at radius 3 is 2.44 bits per heavy atom. The highest BCUT2D eigenvalue weighted by Gasteiger charge is 2.12. The van der Waals surface area contributed by atoms with Crippen molar-refractivity contribution in [2.24, 2.45) is 5.10 Å². The lowest BCUT2D eigenvalue weighted by atomic mass is 10.2. The van der Waals surface area contributed by atoms with Gasteiger partial charge in [-0.05, 0) is 35.9 Å². The Bertz CT molecular complexity index is 1130. The number of rotatable bonds is 4. The SMILES string of the molecule is Clc1ccc(-c2nc(N/N=C/c3ccccc3)c3ccccc3n2)c(Cl)c1. The molecule has 0 atom stereocenters. The zero-order chi connectivity index (χ0) is 18.6. The molecule has 0 saturated heterocycles. The molecule has 0 fully saturated rings. The van der Waals surface area contributed by atoms with Crippen LogP contribution in [0.5, 0.6) is 0 Å². The Hall–Kier alpha value is -2.95. The molecule has 3 aromatic carbocycles. The smallest absolute Gasteiger partial charge is 0.163 e. The fourth-order valence-corrected chi connectivity index (χ4v) is 3.15. The number of para-hydroxylation sites is 1. The lowest BCUT2D eigenvalue weighted by Crippen LogP contribution is -1.99. The summed E-state index contributed by atoms with van der Waals surface area (Å²) in [6, 6.07) is 22.8. The zero-order valence-electron chi connectivity index (χ0n) is 14.1. The number of nitrogens with zero attached hydrogens (tertiary/aromatic N) is 3. The van der Waals surface area contributed by atoms with E-state index in [4.69, 9.17) is 23.2 Å². The van der Waals surface area contributed by atoms with Gasteiger partial charge in [0, 0.05) is 16.0 Å². The van der Waals surface area contributed by atoms with Gasteiger partial charge in [0.25, 0.3) is 0 Å². The summed E-state index contributed by atoms with van der Waals surface area (Å²) in [5, 5.41) is 6.25. The summed E-state index contributed by atoms with van der Waals surface area (Å²) < 4.78 is 0. The Morgan fingerprint density at radius 2 is 1.63 bits per heavy atom. The molecule has 0 aliphatic rings. The maximum atomic E-state index is 6.34. The van der Waals surface area contributed by atoms with Gasteiger partial charge in [0.1, 0.15) is 0 Å². The van der Waals surface area contributed by atoms with Gasteiger partial charge in [-0.2, -0.15) is 5.10 Å². The minimum atomic E-state index is 0.497. The second kappa shape index (κ2) is 7.74. The third-order valence-electron chi connectivity index (χ3n) is 3.96. The first-order valence-corrected chi connectivity index (χ1v) is 9.02. The van der Waals surface area contributed by atoms with Crippen molar-refractivity contribution >= 4 is 46.1 Å². The zero-order valence-corrected chi connectivity index (χ0v) is 15.6. The predicted molar refractivity (Wildman–Crippen MR) is 113 cm³/mol. The minimum Gasteiger partial charge on any atom is -0.261 e. The van der Waals surface area contributed by atoms with Crippen molar-refractivity contribution in [2.45, 2.75) is 0 Å². The van der Waals surface area contributed by atoms with Crippen LogP contribution in [0.4, 0.5) is 5.82 Å². The molecule has 0 amide bonds. The number of anilines is 1. The number of fused-ring (bicyclic) bond motifs is 1. The van der Waals surface area contributed by atoms with Crippen LogP contribution in [0.1, 0.15) is 5.56 Å². The first kappa shape index (κ1) is 17.5. The van der Waals surface area contributed by atoms with Crippen LogP contribution in [0.2, 0.25) is 10.0 Å². The van der Waals surface area contributed by atoms with Gasteiger partial charge in [-0.25, -0.2) is 9.97 Å². The summed E-state index contributed by atoms with van der Waals surface area (Å²) >= 11 is 12.3. The van der Waals surface area contributed by atoms with Crippen molar-refractivity contribution in [3.8, 4) is 11.4 Å². The van der Waals surface area contributed by atoms with Crippen molar-refractivity contribution < 1.29 is 0 Å². The number of aromatic nitrogens is 2. The van der Waals surface area contributed by atoms with Gasteiger partial charge in [0.2, 0.25) is 0 Å². The topological polar surface area (TPSA) is 50.2 Å². The van der Waals surface area contributed by atoms with Crippen LogP contribution in [-0.4, -0.2) is 16.2 Å². The number of hydrogen-bond acceptors (Lipinski definition) is 4. The van der Waals surface area contributed by atoms with Crippen LogP contribution >= 0.6 is 23.2 Å². The lowest BCUT2D eigenvalue weighted by Gasteiger charge is -2.09. The van der Waals surface area contributed by atoms with E-state index >= 15 is 0 Å². The molecular weight excluding hydrogens is 379 g/mol. The number of nitrogens with one attached hydrogen (secondary N) is 1. The number of benzene rings is 3. The van der Waals surface area contributed by atoms with Crippen LogP contribution in [-0.2, 0) is 0 Å². The Morgan fingerprint density at radius 1 is 0.852 bits per heavy atom. The molecule has 4 aromatic rings. The normalized spacial score (nSPS) is 11.2. The van der Waals surface area contributed by atoms with E-state index in [0.29, 0.717) is 27.3 Å². The molecule has 4 rings (SSSR count). The van der Waals surface area contributed by atoms with Gasteiger partial charge >= 0.3 is 0 Å². The molecule has 0 unspecified atom stereocenters. The fourth-order valence-electron chi connectivity index (χ4n) is 2.66. The van der Waals surface area contributed by atoms with E-state index in [0.717, 1.165) is 16.5 Å². The van der Waals surface area contributed by atoms with E-state index in [1.165, 1.54) is 0 Å². The standard InChI is InChI=1S/C21H14Cl2N4/c22-15-10-11-16(18(23)12-15)20-25-19-9-5-4-8-17(19)21(26-20)27-24-13-14-6-2-1-3-7-14/h1-13H,(H,25,26,27)/b24-13+. The highest BCUT2D eigenvalue weighted by atomic mass is 35.5. The van der Waals surface area contributed by atoms with Gasteiger partial charge in [0.15, 0.2) is 11.6 Å². The van der Waals surface area contributed by atoms with Crippen molar-refractivity contribution in [1.82, 2.24) is 9.97 Å². The third kappa shape index (κ3) is 3.92. The van der Waals surface area contributed by atoms with E-state index in [2.05, 4.69) is 20.5 Å². The summed E-state index contributed by atoms with van der Waals surface area (Å²) in [7, 11) is 0. The number of hydrazone groups is 1. The van der Waals surface area contributed by atoms with E-state index in [9.17, 15) is 0 Å². The molecule has 4 nitrogen and oxygen atoms in total. The summed E-state index contributed by atoms with van der Waals surface area (Å²) in [4.78, 5) is 9.26. The molecule has 0 bridgehead atoms. The molecule has 0 radical (unpaired) electrons. The van der Waals surface area contributed by atoms with Crippen molar-refractivity contribution in [2.75, 3.05) is 5.43 Å². The van der Waals surface area contributed by atoms with Crippen LogP contribution in [0, 0.1) is 0 Å². The summed E-state index contributed by atoms with van der Waals surface area (Å²) in [6.07, 6.45) is 1.74. The molecule has 1 aromatic heterocycles. The molecule has 1 N–H and O–H groups in total. The van der Waals surface area contributed by atoms with Crippen molar-refractivity contribution in [3.63, 3.8) is 0 Å². The molecule has 0 aliphatic carbocycles. The van der Waals surface area contributed by atoms with Crippen LogP contribution in [0.15, 0.2) is 77.9 Å². The van der Waals surface area contributed by atoms with Gasteiger partial charge < -0.3 is 0 Å². The molecule has 132 valence electrons. The van der Waals surface area contributed by atoms with Gasteiger partial charge in [-0.15, -0.1) is 0 Å². The quantitative estimate of drug-likeness (QED) is 0.339. The summed E-state index contributed by atoms with van der Waals surface area (Å²) in [5.41, 5.74) is 5.52. The molecule has 0 aliphatic heterocycles. The predicted octanol–water partition coefficient (Wildman–Crippen LogP) is 6.05. The third-order valence-corrected chi connectivity index (χ3v) is 4.51. The Balaban J connectivity index is 1.76. The summed E-state index contributed by atoms with van der Waals surface area (Å²) in [6.45, 7) is 0. The molecule has 0 saturated carbocycles. The molecule has 6 heteroatoms. The average Bonchev–Trinajstić information content (AvgIpc) is 2.68. The van der Waals surface area contributed by atoms with Gasteiger partial charge in [0.05, 0.1) is 16.8 Å². The highest BCUT2D eigenvalue weighted by molar-refractivity contribution is 6.36. The van der Waals surface area contributed by atoms with Crippen molar-refractivity contribution in [3.05, 3.63) is 88.4 Å². The Kier molecular flexibility index (Phi) is 5.01. The monoisotopic (exact) mass is 392 g/mol. The van der Waals surface area contributed by atoms with E-state index < -0.39 is 0 Å². The minimum absolute atomic E-state index is 0.497. The van der Waals surface area contributed by atoms with Crippen molar-refractivity contribution in [1.29, 1.82) is 0 Å². The van der Waals surface area contributed by atoms with Crippen LogP contribution in [0.25, 0.3) is 22.3 Å². The first-order valence-electron chi connectivity index (χ1n) is 8.27. The molecule has 0 spiro atoms. The van der Waals surface area contributed by atoms with E-state index in [-0.39, 0.29) is 0 Å². The fraction of sp³-hybridized carbons (Fsp3) is 0. The second-order valence-electron chi connectivity index (χ2n) is 5.82. The van der Waals surface area contributed by atoms with Gasteiger partial charge in [-0.3, -0.25) is 5.43 Å².